The van der Waals surface area contributed by atoms with Gasteiger partial charge >= 0.3 is 0 Å². The lowest BCUT2D eigenvalue weighted by atomic mass is 10.0. The predicted octanol–water partition coefficient (Wildman–Crippen LogP) is 4.76. The van der Waals surface area contributed by atoms with Crippen LogP contribution in [0.25, 0.3) is 0 Å². The number of carbonyl (C=O) groups is 1. The lowest BCUT2D eigenvalue weighted by Gasteiger charge is -2.22. The molecule has 26 heavy (non-hydrogen) atoms. The second kappa shape index (κ2) is 8.86. The summed E-state index contributed by atoms with van der Waals surface area (Å²) in [7, 11) is 0. The Kier molecular flexibility index (Phi) is 6.29. The third-order valence-electron chi connectivity index (χ3n) is 4.78. The molecular formula is C22H27NO3. The molecule has 0 atom stereocenters. The first-order valence-corrected chi connectivity index (χ1v) is 9.37. The second-order valence-corrected chi connectivity index (χ2v) is 7.06. The van der Waals surface area contributed by atoms with Gasteiger partial charge in [0.1, 0.15) is 11.5 Å². The summed E-state index contributed by atoms with van der Waals surface area (Å²) in [6.45, 7) is 6.51. The molecule has 0 unspecified atom stereocenters. The Hall–Kier alpha value is -2.33. The van der Waals surface area contributed by atoms with E-state index in [4.69, 9.17) is 9.47 Å². The maximum atomic E-state index is 12.7. The fourth-order valence-corrected chi connectivity index (χ4v) is 3.19. The third kappa shape index (κ3) is 4.64. The van der Waals surface area contributed by atoms with Gasteiger partial charge in [-0.2, -0.15) is 0 Å². The Morgan fingerprint density at radius 2 is 1.73 bits per heavy atom. The van der Waals surface area contributed by atoms with Crippen LogP contribution in [0.5, 0.6) is 11.5 Å². The summed E-state index contributed by atoms with van der Waals surface area (Å²) >= 11 is 0. The van der Waals surface area contributed by atoms with Crippen molar-refractivity contribution in [2.45, 2.75) is 32.6 Å². The van der Waals surface area contributed by atoms with E-state index in [1.165, 1.54) is 0 Å². The van der Waals surface area contributed by atoms with Crippen molar-refractivity contribution in [3.05, 3.63) is 59.7 Å². The van der Waals surface area contributed by atoms with Gasteiger partial charge in [-0.3, -0.25) is 4.79 Å². The van der Waals surface area contributed by atoms with Gasteiger partial charge < -0.3 is 14.8 Å². The predicted molar refractivity (Wildman–Crippen MR) is 103 cm³/mol. The molecule has 0 aromatic heterocycles. The number of ether oxygens (including phenoxy) is 2. The van der Waals surface area contributed by atoms with Crippen molar-refractivity contribution in [2.24, 2.45) is 5.92 Å². The minimum absolute atomic E-state index is 0.0888. The molecule has 1 aliphatic heterocycles. The van der Waals surface area contributed by atoms with Crippen molar-refractivity contribution in [1.82, 2.24) is 5.32 Å². The van der Waals surface area contributed by atoms with Crippen LogP contribution in [0.15, 0.2) is 48.5 Å². The van der Waals surface area contributed by atoms with Gasteiger partial charge in [-0.15, -0.1) is 0 Å². The lowest BCUT2D eigenvalue weighted by Crippen LogP contribution is -2.32. The highest BCUT2D eigenvalue weighted by atomic mass is 16.5. The summed E-state index contributed by atoms with van der Waals surface area (Å²) in [6.07, 6.45) is 2.00. The zero-order valence-electron chi connectivity index (χ0n) is 15.5. The van der Waals surface area contributed by atoms with E-state index in [1.54, 1.807) is 0 Å². The van der Waals surface area contributed by atoms with Gasteiger partial charge in [-0.25, -0.2) is 0 Å². The Morgan fingerprint density at radius 1 is 1.08 bits per heavy atom. The SMILES string of the molecule is CC(C)c1ccccc1Oc1ccccc1C(=O)NCC1CCOCC1. The molecule has 1 heterocycles. The van der Waals surface area contributed by atoms with E-state index < -0.39 is 0 Å². The Labute approximate surface area is 155 Å². The third-order valence-corrected chi connectivity index (χ3v) is 4.78. The molecule has 1 fully saturated rings. The van der Waals surface area contributed by atoms with Gasteiger partial charge in [0.15, 0.2) is 0 Å². The van der Waals surface area contributed by atoms with Crippen LogP contribution in [0.4, 0.5) is 0 Å². The quantitative estimate of drug-likeness (QED) is 0.814. The van der Waals surface area contributed by atoms with Crippen LogP contribution in [0.3, 0.4) is 0 Å². The molecule has 2 aromatic carbocycles. The second-order valence-electron chi connectivity index (χ2n) is 7.06. The molecule has 4 nitrogen and oxygen atoms in total. The lowest BCUT2D eigenvalue weighted by molar-refractivity contribution is 0.0642. The van der Waals surface area contributed by atoms with Gasteiger partial charge in [-0.1, -0.05) is 44.2 Å². The summed E-state index contributed by atoms with van der Waals surface area (Å²) < 4.78 is 11.5. The van der Waals surface area contributed by atoms with Crippen molar-refractivity contribution in [3.63, 3.8) is 0 Å². The molecule has 0 aliphatic carbocycles. The van der Waals surface area contributed by atoms with E-state index in [0.717, 1.165) is 37.4 Å². The molecule has 1 aliphatic rings. The molecule has 0 saturated carbocycles. The first kappa shape index (κ1) is 18.5. The number of hydrogen-bond acceptors (Lipinski definition) is 3. The topological polar surface area (TPSA) is 47.6 Å². The van der Waals surface area contributed by atoms with Crippen LogP contribution >= 0.6 is 0 Å². The van der Waals surface area contributed by atoms with Gasteiger partial charge in [0, 0.05) is 19.8 Å². The average molecular weight is 353 g/mol. The van der Waals surface area contributed by atoms with E-state index >= 15 is 0 Å². The number of benzene rings is 2. The molecular weight excluding hydrogens is 326 g/mol. The molecule has 0 radical (unpaired) electrons. The number of para-hydroxylation sites is 2. The molecule has 0 spiro atoms. The molecule has 1 amide bonds. The highest BCUT2D eigenvalue weighted by Gasteiger charge is 2.18. The highest BCUT2D eigenvalue weighted by Crippen LogP contribution is 2.32. The van der Waals surface area contributed by atoms with Gasteiger partial charge in [0.2, 0.25) is 0 Å². The molecule has 1 saturated heterocycles. The van der Waals surface area contributed by atoms with Crippen molar-refractivity contribution >= 4 is 5.91 Å². The summed E-state index contributed by atoms with van der Waals surface area (Å²) in [6, 6.07) is 15.4. The molecule has 1 N–H and O–H groups in total. The summed E-state index contributed by atoms with van der Waals surface area (Å²) in [4.78, 5) is 12.7. The minimum atomic E-state index is -0.0888. The normalized spacial score (nSPS) is 15.0. The highest BCUT2D eigenvalue weighted by molar-refractivity contribution is 5.97. The number of rotatable bonds is 6. The standard InChI is InChI=1S/C22H27NO3/c1-16(2)18-7-3-5-9-20(18)26-21-10-6-4-8-19(21)22(24)23-15-17-11-13-25-14-12-17/h3-10,16-17H,11-15H2,1-2H3,(H,23,24). The van der Waals surface area contributed by atoms with E-state index in [1.807, 2.05) is 42.5 Å². The summed E-state index contributed by atoms with van der Waals surface area (Å²) in [5, 5.41) is 3.06. The van der Waals surface area contributed by atoms with Crippen molar-refractivity contribution in [2.75, 3.05) is 19.8 Å². The van der Waals surface area contributed by atoms with Crippen LogP contribution in [0.2, 0.25) is 0 Å². The van der Waals surface area contributed by atoms with Crippen LogP contribution < -0.4 is 10.1 Å². The van der Waals surface area contributed by atoms with E-state index in [0.29, 0.717) is 29.7 Å². The Bertz CT molecular complexity index is 736. The summed E-state index contributed by atoms with van der Waals surface area (Å²) in [5.74, 6) is 2.13. The number of nitrogens with one attached hydrogen (secondary N) is 1. The number of hydrogen-bond donors (Lipinski definition) is 1. The fourth-order valence-electron chi connectivity index (χ4n) is 3.19. The maximum absolute atomic E-state index is 12.7. The first-order chi connectivity index (χ1) is 12.6. The van der Waals surface area contributed by atoms with Crippen molar-refractivity contribution in [3.8, 4) is 11.5 Å². The maximum Gasteiger partial charge on any atom is 0.255 e. The zero-order chi connectivity index (χ0) is 18.4. The average Bonchev–Trinajstić information content (AvgIpc) is 2.67. The largest absolute Gasteiger partial charge is 0.456 e. The smallest absolute Gasteiger partial charge is 0.255 e. The molecule has 3 rings (SSSR count). The van der Waals surface area contributed by atoms with Crippen molar-refractivity contribution < 1.29 is 14.3 Å². The summed E-state index contributed by atoms with van der Waals surface area (Å²) in [5.41, 5.74) is 1.70. The van der Waals surface area contributed by atoms with Crippen LogP contribution in [-0.2, 0) is 4.74 Å². The monoisotopic (exact) mass is 353 g/mol. The number of amides is 1. The Balaban J connectivity index is 1.72. The molecule has 0 bridgehead atoms. The van der Waals surface area contributed by atoms with Gasteiger partial charge in [0.25, 0.3) is 5.91 Å². The molecule has 4 heteroatoms. The zero-order valence-corrected chi connectivity index (χ0v) is 15.5. The Morgan fingerprint density at radius 3 is 2.46 bits per heavy atom. The van der Waals surface area contributed by atoms with Crippen LogP contribution in [-0.4, -0.2) is 25.7 Å². The minimum Gasteiger partial charge on any atom is -0.456 e. The molecule has 2 aromatic rings. The van der Waals surface area contributed by atoms with Crippen LogP contribution in [0.1, 0.15) is 48.5 Å². The van der Waals surface area contributed by atoms with Gasteiger partial charge in [0.05, 0.1) is 5.56 Å². The van der Waals surface area contributed by atoms with E-state index in [-0.39, 0.29) is 5.91 Å². The van der Waals surface area contributed by atoms with E-state index in [9.17, 15) is 4.79 Å². The first-order valence-electron chi connectivity index (χ1n) is 9.37. The van der Waals surface area contributed by atoms with Crippen molar-refractivity contribution in [1.29, 1.82) is 0 Å². The van der Waals surface area contributed by atoms with Crippen LogP contribution in [0, 0.1) is 5.92 Å². The fraction of sp³-hybridized carbons (Fsp3) is 0.409. The van der Waals surface area contributed by atoms with Gasteiger partial charge in [-0.05, 0) is 48.4 Å². The van der Waals surface area contributed by atoms with E-state index in [2.05, 4.69) is 25.2 Å². The molecule has 138 valence electrons. The number of carbonyl (C=O) groups excluding carboxylic acids is 1.